The molecule has 1 N–H and O–H groups in total. The van der Waals surface area contributed by atoms with Gasteiger partial charge in [-0.1, -0.05) is 0 Å². The van der Waals surface area contributed by atoms with Crippen molar-refractivity contribution < 1.29 is 13.9 Å². The Kier molecular flexibility index (Phi) is 3.14. The summed E-state index contributed by atoms with van der Waals surface area (Å²) in [6.45, 7) is 1.75. The maximum Gasteiger partial charge on any atom is 0.310 e. The Morgan fingerprint density at radius 2 is 2.11 bits per heavy atom. The van der Waals surface area contributed by atoms with Gasteiger partial charge >= 0.3 is 5.97 Å². The van der Waals surface area contributed by atoms with Crippen LogP contribution in [0, 0.1) is 12.7 Å². The van der Waals surface area contributed by atoms with Crippen molar-refractivity contribution in [3.8, 4) is 0 Å². The number of aromatic amines is 1. The summed E-state index contributed by atoms with van der Waals surface area (Å²) in [4.78, 5) is 25.1. The van der Waals surface area contributed by atoms with Gasteiger partial charge in [-0.3, -0.25) is 9.59 Å². The Hall–Kier alpha value is -2.17. The first-order valence-electron chi connectivity index (χ1n) is 5.40. The van der Waals surface area contributed by atoms with Gasteiger partial charge in [-0.2, -0.15) is 0 Å². The molecule has 4 nitrogen and oxygen atoms in total. The van der Waals surface area contributed by atoms with Gasteiger partial charge in [-0.05, 0) is 30.2 Å². The minimum absolute atomic E-state index is 0.0557. The molecule has 2 rings (SSSR count). The molecule has 0 amide bonds. The van der Waals surface area contributed by atoms with Crippen LogP contribution < -0.4 is 5.56 Å². The molecule has 0 radical (unpaired) electrons. The second-order valence-corrected chi connectivity index (χ2v) is 4.08. The lowest BCUT2D eigenvalue weighted by atomic mass is 10.0. The number of aryl methyl sites for hydroxylation is 1. The molecule has 2 aromatic rings. The molecule has 0 bridgehead atoms. The first-order chi connectivity index (χ1) is 8.51. The molecule has 1 aromatic heterocycles. The van der Waals surface area contributed by atoms with E-state index in [-0.39, 0.29) is 11.9 Å². The summed E-state index contributed by atoms with van der Waals surface area (Å²) in [6.07, 6.45) is -0.0557. The van der Waals surface area contributed by atoms with Crippen LogP contribution in [0.5, 0.6) is 0 Å². The van der Waals surface area contributed by atoms with E-state index in [0.29, 0.717) is 10.9 Å². The van der Waals surface area contributed by atoms with Crippen LogP contribution in [-0.4, -0.2) is 18.1 Å². The smallest absolute Gasteiger partial charge is 0.310 e. The van der Waals surface area contributed by atoms with Crippen LogP contribution in [0.15, 0.2) is 23.0 Å². The van der Waals surface area contributed by atoms with Crippen LogP contribution in [0.3, 0.4) is 0 Å². The molecular formula is C13H12FNO3. The van der Waals surface area contributed by atoms with Crippen LogP contribution in [-0.2, 0) is 16.0 Å². The first-order valence-corrected chi connectivity index (χ1v) is 5.40. The predicted octanol–water partition coefficient (Wildman–Crippen LogP) is 1.69. The summed E-state index contributed by atoms with van der Waals surface area (Å²) < 4.78 is 18.3. The molecule has 0 saturated heterocycles. The van der Waals surface area contributed by atoms with Crippen LogP contribution >= 0.6 is 0 Å². The van der Waals surface area contributed by atoms with E-state index in [9.17, 15) is 14.0 Å². The van der Waals surface area contributed by atoms with Gasteiger partial charge < -0.3 is 9.72 Å². The van der Waals surface area contributed by atoms with Crippen molar-refractivity contribution in [1.29, 1.82) is 0 Å². The van der Waals surface area contributed by atoms with Crippen molar-refractivity contribution in [2.75, 3.05) is 7.11 Å². The van der Waals surface area contributed by atoms with Crippen LogP contribution in [0.2, 0.25) is 0 Å². The van der Waals surface area contributed by atoms with Gasteiger partial charge in [0, 0.05) is 11.5 Å². The fraction of sp³-hybridized carbons (Fsp3) is 0.231. The molecule has 0 saturated carbocycles. The molecule has 0 unspecified atom stereocenters. The SMILES string of the molecule is COC(=O)Cc1cc(=O)[nH]c2c(F)cc(C)cc12. The van der Waals surface area contributed by atoms with Gasteiger partial charge in [-0.25, -0.2) is 4.39 Å². The van der Waals surface area contributed by atoms with E-state index in [0.717, 1.165) is 5.56 Å². The Balaban J connectivity index is 2.71. The highest BCUT2D eigenvalue weighted by Gasteiger charge is 2.11. The zero-order chi connectivity index (χ0) is 13.3. The highest BCUT2D eigenvalue weighted by Crippen LogP contribution is 2.20. The van der Waals surface area contributed by atoms with Crippen molar-refractivity contribution in [2.24, 2.45) is 0 Å². The lowest BCUT2D eigenvalue weighted by molar-refractivity contribution is -0.139. The third-order valence-corrected chi connectivity index (χ3v) is 2.70. The van der Waals surface area contributed by atoms with Gasteiger partial charge in [0.2, 0.25) is 5.56 Å². The highest BCUT2D eigenvalue weighted by molar-refractivity contribution is 5.87. The molecular weight excluding hydrogens is 237 g/mol. The van der Waals surface area contributed by atoms with Gasteiger partial charge in [0.15, 0.2) is 0 Å². The number of nitrogens with one attached hydrogen (secondary N) is 1. The number of ether oxygens (including phenoxy) is 1. The largest absolute Gasteiger partial charge is 0.469 e. The average Bonchev–Trinajstić information content (AvgIpc) is 2.30. The van der Waals surface area contributed by atoms with Gasteiger partial charge in [0.05, 0.1) is 19.0 Å². The van der Waals surface area contributed by atoms with Crippen LogP contribution in [0.25, 0.3) is 10.9 Å². The Morgan fingerprint density at radius 1 is 1.39 bits per heavy atom. The lowest BCUT2D eigenvalue weighted by Crippen LogP contribution is -2.12. The summed E-state index contributed by atoms with van der Waals surface area (Å²) >= 11 is 0. The molecule has 5 heteroatoms. The van der Waals surface area contributed by atoms with E-state index < -0.39 is 17.3 Å². The van der Waals surface area contributed by atoms with Crippen LogP contribution in [0.1, 0.15) is 11.1 Å². The van der Waals surface area contributed by atoms with Crippen molar-refractivity contribution >= 4 is 16.9 Å². The number of halogens is 1. The number of hydrogen-bond donors (Lipinski definition) is 1. The van der Waals surface area contributed by atoms with E-state index in [2.05, 4.69) is 9.72 Å². The lowest BCUT2D eigenvalue weighted by Gasteiger charge is -2.07. The van der Waals surface area contributed by atoms with E-state index >= 15 is 0 Å². The number of carbonyl (C=O) groups is 1. The number of carbonyl (C=O) groups excluding carboxylic acids is 1. The predicted molar refractivity (Wildman–Crippen MR) is 65.0 cm³/mol. The number of hydrogen-bond acceptors (Lipinski definition) is 3. The molecule has 0 atom stereocenters. The fourth-order valence-corrected chi connectivity index (χ4v) is 1.89. The fourth-order valence-electron chi connectivity index (χ4n) is 1.89. The summed E-state index contributed by atoms with van der Waals surface area (Å²) in [5.74, 6) is -0.974. The number of H-pyrrole nitrogens is 1. The Bertz CT molecular complexity index is 676. The molecule has 1 heterocycles. The third-order valence-electron chi connectivity index (χ3n) is 2.70. The summed E-state index contributed by atoms with van der Waals surface area (Å²) in [6, 6.07) is 4.35. The van der Waals surface area contributed by atoms with E-state index in [1.807, 2.05) is 0 Å². The van der Waals surface area contributed by atoms with E-state index in [1.165, 1.54) is 19.2 Å². The number of aromatic nitrogens is 1. The summed E-state index contributed by atoms with van der Waals surface area (Å²) in [5, 5.41) is 0.525. The molecule has 94 valence electrons. The Morgan fingerprint density at radius 3 is 2.78 bits per heavy atom. The van der Waals surface area contributed by atoms with Gasteiger partial charge in [0.25, 0.3) is 0 Å². The zero-order valence-corrected chi connectivity index (χ0v) is 10.0. The number of fused-ring (bicyclic) bond motifs is 1. The Labute approximate surface area is 102 Å². The van der Waals surface area contributed by atoms with Crippen molar-refractivity contribution in [3.63, 3.8) is 0 Å². The van der Waals surface area contributed by atoms with Crippen molar-refractivity contribution in [2.45, 2.75) is 13.3 Å². The first kappa shape index (κ1) is 12.3. The molecule has 0 fully saturated rings. The second kappa shape index (κ2) is 4.60. The average molecular weight is 249 g/mol. The number of methoxy groups -OCH3 is 1. The highest BCUT2D eigenvalue weighted by atomic mass is 19.1. The molecule has 0 aliphatic heterocycles. The van der Waals surface area contributed by atoms with Crippen molar-refractivity contribution in [3.05, 3.63) is 45.5 Å². The number of pyridine rings is 1. The number of esters is 1. The van der Waals surface area contributed by atoms with Gasteiger partial charge in [0.1, 0.15) is 5.82 Å². The third kappa shape index (κ3) is 2.25. The molecule has 0 aliphatic rings. The van der Waals surface area contributed by atoms with E-state index in [1.54, 1.807) is 13.0 Å². The maximum atomic E-state index is 13.7. The molecule has 0 aliphatic carbocycles. The molecule has 0 spiro atoms. The number of benzene rings is 1. The normalized spacial score (nSPS) is 10.6. The van der Waals surface area contributed by atoms with Gasteiger partial charge in [-0.15, -0.1) is 0 Å². The minimum Gasteiger partial charge on any atom is -0.469 e. The molecule has 1 aromatic carbocycles. The topological polar surface area (TPSA) is 59.2 Å². The van der Waals surface area contributed by atoms with Crippen molar-refractivity contribution in [1.82, 2.24) is 4.98 Å². The summed E-state index contributed by atoms with van der Waals surface area (Å²) in [5.41, 5.74) is 0.859. The quantitative estimate of drug-likeness (QED) is 0.824. The zero-order valence-electron chi connectivity index (χ0n) is 10.0. The summed E-state index contributed by atoms with van der Waals surface area (Å²) in [7, 11) is 1.27. The maximum absolute atomic E-state index is 13.7. The second-order valence-electron chi connectivity index (χ2n) is 4.08. The minimum atomic E-state index is -0.506. The monoisotopic (exact) mass is 249 g/mol. The van der Waals surface area contributed by atoms with E-state index in [4.69, 9.17) is 0 Å². The molecule has 18 heavy (non-hydrogen) atoms. The number of rotatable bonds is 2. The standard InChI is InChI=1S/C13H12FNO3/c1-7-3-9-8(6-12(17)18-2)5-11(16)15-13(9)10(14)4-7/h3-5H,6H2,1-2H3,(H,15,16). The van der Waals surface area contributed by atoms with Crippen LogP contribution in [0.4, 0.5) is 4.39 Å².